The molecule has 0 saturated carbocycles. The van der Waals surface area contributed by atoms with Crippen molar-refractivity contribution in [3.05, 3.63) is 90.0 Å². The first-order valence-corrected chi connectivity index (χ1v) is 9.93. The smallest absolute Gasteiger partial charge is 0.268 e. The molecule has 4 rings (SSSR count). The zero-order valence-electron chi connectivity index (χ0n) is 16.5. The summed E-state index contributed by atoms with van der Waals surface area (Å²) in [5.41, 5.74) is 3.49. The Bertz CT molecular complexity index is 1020. The molecule has 0 spiro atoms. The number of carbonyl (C=O) groups excluding carboxylic acids is 1. The number of nitriles is 1. The minimum atomic E-state index is -0.704. The van der Waals surface area contributed by atoms with E-state index in [1.807, 2.05) is 66.7 Å². The van der Waals surface area contributed by atoms with E-state index in [2.05, 4.69) is 6.07 Å². The highest BCUT2D eigenvalue weighted by Gasteiger charge is 2.29. The summed E-state index contributed by atoms with van der Waals surface area (Å²) in [7, 11) is 0. The van der Waals surface area contributed by atoms with E-state index in [1.165, 1.54) is 0 Å². The van der Waals surface area contributed by atoms with Gasteiger partial charge in [0.1, 0.15) is 5.75 Å². The Kier molecular flexibility index (Phi) is 6.07. The summed E-state index contributed by atoms with van der Waals surface area (Å²) in [5, 5.41) is 8.95. The van der Waals surface area contributed by atoms with Gasteiger partial charge in [-0.15, -0.1) is 0 Å². The SMILES string of the molecule is N#Cc1ccc(-c2ccc(OC(C(=O)N3CCOCC3)c3ccccc3)cc2)cc1. The van der Waals surface area contributed by atoms with Gasteiger partial charge in [-0.2, -0.15) is 5.26 Å². The van der Waals surface area contributed by atoms with Gasteiger partial charge in [0.05, 0.1) is 24.8 Å². The molecule has 1 aliphatic heterocycles. The third kappa shape index (κ3) is 4.51. The van der Waals surface area contributed by atoms with Crippen molar-refractivity contribution >= 4 is 5.91 Å². The lowest BCUT2D eigenvalue weighted by atomic mass is 10.0. The first-order valence-electron chi connectivity index (χ1n) is 9.93. The Morgan fingerprint density at radius 3 is 2.10 bits per heavy atom. The summed E-state index contributed by atoms with van der Waals surface area (Å²) in [6.07, 6.45) is -0.704. The molecular formula is C25H22N2O3. The molecule has 0 bridgehead atoms. The van der Waals surface area contributed by atoms with Gasteiger partial charge in [0.2, 0.25) is 6.10 Å². The van der Waals surface area contributed by atoms with E-state index in [4.69, 9.17) is 14.7 Å². The van der Waals surface area contributed by atoms with Gasteiger partial charge in [-0.1, -0.05) is 54.6 Å². The van der Waals surface area contributed by atoms with Crippen LogP contribution in [0.1, 0.15) is 17.2 Å². The van der Waals surface area contributed by atoms with Gasteiger partial charge in [-0.05, 0) is 35.4 Å². The highest BCUT2D eigenvalue weighted by Crippen LogP contribution is 2.27. The fourth-order valence-electron chi connectivity index (χ4n) is 3.44. The average molecular weight is 398 g/mol. The number of benzene rings is 3. The van der Waals surface area contributed by atoms with Gasteiger partial charge < -0.3 is 14.4 Å². The zero-order chi connectivity index (χ0) is 20.8. The van der Waals surface area contributed by atoms with E-state index in [9.17, 15) is 4.79 Å². The first-order chi connectivity index (χ1) is 14.7. The maximum atomic E-state index is 13.2. The van der Waals surface area contributed by atoms with E-state index in [0.29, 0.717) is 37.6 Å². The highest BCUT2D eigenvalue weighted by atomic mass is 16.5. The van der Waals surface area contributed by atoms with Crippen molar-refractivity contribution in [1.29, 1.82) is 5.26 Å². The number of hydrogen-bond donors (Lipinski definition) is 0. The summed E-state index contributed by atoms with van der Waals surface area (Å²) < 4.78 is 11.5. The van der Waals surface area contributed by atoms with Crippen molar-refractivity contribution in [3.8, 4) is 22.9 Å². The number of nitrogens with zero attached hydrogens (tertiary/aromatic N) is 2. The predicted molar refractivity (Wildman–Crippen MR) is 114 cm³/mol. The molecule has 3 aromatic carbocycles. The Hall–Kier alpha value is -3.62. The summed E-state index contributed by atoms with van der Waals surface area (Å²) in [6, 6.07) is 26.8. The standard InChI is InChI=1S/C25H22N2O3/c26-18-19-6-8-20(9-7-19)21-10-12-23(13-11-21)30-24(22-4-2-1-3-5-22)25(28)27-14-16-29-17-15-27/h1-13,24H,14-17H2. The van der Waals surface area contributed by atoms with Crippen molar-refractivity contribution < 1.29 is 14.3 Å². The van der Waals surface area contributed by atoms with E-state index in [0.717, 1.165) is 16.7 Å². The first kappa shape index (κ1) is 19.7. The molecule has 0 N–H and O–H groups in total. The zero-order valence-corrected chi connectivity index (χ0v) is 16.5. The fraction of sp³-hybridized carbons (Fsp3) is 0.200. The van der Waals surface area contributed by atoms with E-state index in [-0.39, 0.29) is 5.91 Å². The Morgan fingerprint density at radius 2 is 1.50 bits per heavy atom. The van der Waals surface area contributed by atoms with Gasteiger partial charge in [0, 0.05) is 18.7 Å². The normalized spacial score (nSPS) is 14.6. The molecule has 5 heteroatoms. The molecule has 3 aromatic rings. The number of carbonyl (C=O) groups is 1. The van der Waals surface area contributed by atoms with Crippen LogP contribution in [0.2, 0.25) is 0 Å². The number of amides is 1. The molecule has 1 unspecified atom stereocenters. The Balaban J connectivity index is 1.55. The maximum absolute atomic E-state index is 13.2. The molecule has 150 valence electrons. The third-order valence-electron chi connectivity index (χ3n) is 5.10. The van der Waals surface area contributed by atoms with Gasteiger partial charge in [0.15, 0.2) is 0 Å². The lowest BCUT2D eigenvalue weighted by Gasteiger charge is -2.30. The molecule has 5 nitrogen and oxygen atoms in total. The van der Waals surface area contributed by atoms with Crippen LogP contribution in [-0.4, -0.2) is 37.1 Å². The quantitative estimate of drug-likeness (QED) is 0.646. The van der Waals surface area contributed by atoms with Crippen molar-refractivity contribution in [2.45, 2.75) is 6.10 Å². The minimum absolute atomic E-state index is 0.0549. The molecule has 1 amide bonds. The molecule has 1 fully saturated rings. The lowest BCUT2D eigenvalue weighted by Crippen LogP contribution is -2.44. The summed E-state index contributed by atoms with van der Waals surface area (Å²) in [6.45, 7) is 2.24. The number of morpholine rings is 1. The second kappa shape index (κ2) is 9.25. The molecule has 1 saturated heterocycles. The molecule has 1 heterocycles. The fourth-order valence-corrected chi connectivity index (χ4v) is 3.44. The molecule has 30 heavy (non-hydrogen) atoms. The van der Waals surface area contributed by atoms with E-state index in [1.54, 1.807) is 17.0 Å². The molecular weight excluding hydrogens is 376 g/mol. The predicted octanol–water partition coefficient (Wildman–Crippen LogP) is 4.20. The van der Waals surface area contributed by atoms with Crippen LogP contribution in [0.5, 0.6) is 5.75 Å². The third-order valence-corrected chi connectivity index (χ3v) is 5.10. The monoisotopic (exact) mass is 398 g/mol. The van der Waals surface area contributed by atoms with Gasteiger partial charge in [-0.25, -0.2) is 0 Å². The van der Waals surface area contributed by atoms with E-state index < -0.39 is 6.10 Å². The van der Waals surface area contributed by atoms with Gasteiger partial charge in [-0.3, -0.25) is 4.79 Å². The second-order valence-electron chi connectivity index (χ2n) is 7.06. The largest absolute Gasteiger partial charge is 0.476 e. The van der Waals surface area contributed by atoms with Crippen LogP contribution in [0, 0.1) is 11.3 Å². The maximum Gasteiger partial charge on any atom is 0.268 e. The minimum Gasteiger partial charge on any atom is -0.476 e. The second-order valence-corrected chi connectivity index (χ2v) is 7.06. The van der Waals surface area contributed by atoms with Gasteiger partial charge in [0.25, 0.3) is 5.91 Å². The molecule has 1 aliphatic rings. The molecule has 0 aliphatic carbocycles. The van der Waals surface area contributed by atoms with Crippen LogP contribution in [0.4, 0.5) is 0 Å². The van der Waals surface area contributed by atoms with E-state index >= 15 is 0 Å². The lowest BCUT2D eigenvalue weighted by molar-refractivity contribution is -0.143. The average Bonchev–Trinajstić information content (AvgIpc) is 2.84. The summed E-state index contributed by atoms with van der Waals surface area (Å²) in [4.78, 5) is 15.0. The van der Waals surface area contributed by atoms with Gasteiger partial charge >= 0.3 is 0 Å². The Morgan fingerprint density at radius 1 is 0.900 bits per heavy atom. The van der Waals surface area contributed by atoms with Crippen molar-refractivity contribution in [2.75, 3.05) is 26.3 Å². The number of rotatable bonds is 5. The molecule has 0 radical (unpaired) electrons. The van der Waals surface area contributed by atoms with Crippen LogP contribution in [0.15, 0.2) is 78.9 Å². The van der Waals surface area contributed by atoms with Crippen LogP contribution >= 0.6 is 0 Å². The van der Waals surface area contributed by atoms with Crippen LogP contribution in [0.25, 0.3) is 11.1 Å². The number of hydrogen-bond acceptors (Lipinski definition) is 4. The van der Waals surface area contributed by atoms with Crippen molar-refractivity contribution in [1.82, 2.24) is 4.90 Å². The van der Waals surface area contributed by atoms with Crippen molar-refractivity contribution in [3.63, 3.8) is 0 Å². The molecule has 1 atom stereocenters. The van der Waals surface area contributed by atoms with Crippen LogP contribution in [0.3, 0.4) is 0 Å². The highest BCUT2D eigenvalue weighted by molar-refractivity contribution is 5.83. The van der Waals surface area contributed by atoms with Crippen molar-refractivity contribution in [2.24, 2.45) is 0 Å². The summed E-state index contributed by atoms with van der Waals surface area (Å²) >= 11 is 0. The number of ether oxygens (including phenoxy) is 2. The summed E-state index contributed by atoms with van der Waals surface area (Å²) in [5.74, 6) is 0.573. The Labute approximate surface area is 176 Å². The topological polar surface area (TPSA) is 62.6 Å². The van der Waals surface area contributed by atoms with Crippen LogP contribution in [-0.2, 0) is 9.53 Å². The molecule has 0 aromatic heterocycles. The van der Waals surface area contributed by atoms with Crippen LogP contribution < -0.4 is 4.74 Å².